The zero-order valence-corrected chi connectivity index (χ0v) is 28.2. The van der Waals surface area contributed by atoms with Crippen molar-refractivity contribution >= 4 is 44.9 Å². The molecule has 2 aromatic heterocycles. The summed E-state index contributed by atoms with van der Waals surface area (Å²) in [6.07, 6.45) is 0. The molecule has 0 radical (unpaired) electrons. The third kappa shape index (κ3) is 2.78. The number of aromatic nitrogens is 2. The number of para-hydroxylation sites is 1. The summed E-state index contributed by atoms with van der Waals surface area (Å²) in [5, 5.41) is 2.82. The first-order valence-corrected chi connectivity index (χ1v) is 17.3. The van der Waals surface area contributed by atoms with Gasteiger partial charge in [0.05, 0.1) is 11.4 Å². The first-order valence-electron chi connectivity index (χ1n) is 17.3. The third-order valence-corrected chi connectivity index (χ3v) is 12.4. The Balaban J connectivity index is 1.36. The predicted molar refractivity (Wildman–Crippen MR) is 199 cm³/mol. The van der Waals surface area contributed by atoms with Crippen LogP contribution in [0.5, 0.6) is 0 Å². The molecule has 0 unspecified atom stereocenters. The quantitative estimate of drug-likeness (QED) is 0.153. The van der Waals surface area contributed by atoms with E-state index in [1.807, 2.05) is 0 Å². The smallest absolute Gasteiger partial charge is 0.252 e. The molecule has 2 aliphatic carbocycles. The van der Waals surface area contributed by atoms with Gasteiger partial charge in [-0.15, -0.1) is 0 Å². The van der Waals surface area contributed by atoms with E-state index in [4.69, 9.17) is 0 Å². The van der Waals surface area contributed by atoms with Crippen LogP contribution in [0.3, 0.4) is 0 Å². The van der Waals surface area contributed by atoms with Gasteiger partial charge in [-0.1, -0.05) is 127 Å². The lowest BCUT2D eigenvalue weighted by atomic mass is 9.34. The van der Waals surface area contributed by atoms with E-state index in [1.165, 1.54) is 99.9 Å². The lowest BCUT2D eigenvalue weighted by Crippen LogP contribution is -2.59. The number of benzene rings is 5. The van der Waals surface area contributed by atoms with Crippen LogP contribution in [0.15, 0.2) is 97.1 Å². The second-order valence-electron chi connectivity index (χ2n) is 16.6. The summed E-state index contributed by atoms with van der Waals surface area (Å²) in [6.45, 7) is 17.0. The molecule has 0 spiro atoms. The van der Waals surface area contributed by atoms with E-state index in [0.29, 0.717) is 0 Å². The molecule has 0 fully saturated rings. The van der Waals surface area contributed by atoms with Crippen molar-refractivity contribution in [2.75, 3.05) is 0 Å². The van der Waals surface area contributed by atoms with E-state index in [9.17, 15) is 0 Å². The van der Waals surface area contributed by atoms with E-state index in [1.54, 1.807) is 0 Å². The van der Waals surface area contributed by atoms with Crippen molar-refractivity contribution in [2.45, 2.75) is 64.7 Å². The van der Waals surface area contributed by atoms with Gasteiger partial charge in [0.2, 0.25) is 0 Å². The minimum Gasteiger partial charge on any atom is -0.310 e. The second-order valence-corrected chi connectivity index (χ2v) is 16.6. The van der Waals surface area contributed by atoms with Gasteiger partial charge < -0.3 is 9.13 Å². The molecule has 4 aliphatic rings. The molecular weight excluding hydrogens is 567 g/mol. The molecule has 7 aromatic rings. The van der Waals surface area contributed by atoms with Gasteiger partial charge in [0.25, 0.3) is 6.71 Å². The number of fused-ring (bicyclic) bond motifs is 14. The maximum atomic E-state index is 2.67. The average Bonchev–Trinajstić information content (AvgIpc) is 3.73. The molecule has 0 N–H and O–H groups in total. The molecule has 0 saturated carbocycles. The van der Waals surface area contributed by atoms with Crippen LogP contribution in [-0.4, -0.2) is 15.8 Å². The zero-order chi connectivity index (χ0) is 31.9. The van der Waals surface area contributed by atoms with E-state index < -0.39 is 0 Å². The number of nitrogens with zero attached hydrogens (tertiary/aromatic N) is 2. The summed E-state index contributed by atoms with van der Waals surface area (Å²) < 4.78 is 5.32. The highest BCUT2D eigenvalue weighted by molar-refractivity contribution is 7.00. The standard InChI is InChI=1S/C44H37BN2/c1-42(2,3)24-22-28-36-41(26-15-9-11-18-30(26)44(36,6)7)47-34-21-13-20-33-37(34)45(32(23-24)39(28)47)31-19-12-16-27-35-40(46(33)38(27)31)25-14-8-10-17-29(25)43(35,4)5/h8-23H,1-7H3. The van der Waals surface area contributed by atoms with Gasteiger partial charge in [0, 0.05) is 55.1 Å². The van der Waals surface area contributed by atoms with Gasteiger partial charge in [-0.25, -0.2) is 0 Å². The van der Waals surface area contributed by atoms with Crippen LogP contribution in [0.2, 0.25) is 0 Å². The van der Waals surface area contributed by atoms with E-state index >= 15 is 0 Å². The Morgan fingerprint density at radius 2 is 1.09 bits per heavy atom. The molecular formula is C44H37BN2. The third-order valence-electron chi connectivity index (χ3n) is 12.4. The van der Waals surface area contributed by atoms with Crippen LogP contribution in [0.1, 0.15) is 76.3 Å². The van der Waals surface area contributed by atoms with Gasteiger partial charge in [-0.3, -0.25) is 0 Å². The summed E-state index contributed by atoms with van der Waals surface area (Å²) in [5.41, 5.74) is 22.4. The molecule has 2 aliphatic heterocycles. The first kappa shape index (κ1) is 26.3. The predicted octanol–water partition coefficient (Wildman–Crippen LogP) is 8.63. The molecule has 226 valence electrons. The molecule has 4 heterocycles. The molecule has 0 atom stereocenters. The van der Waals surface area contributed by atoms with Crippen molar-refractivity contribution in [3.8, 4) is 33.9 Å². The number of hydrogen-bond donors (Lipinski definition) is 0. The monoisotopic (exact) mass is 604 g/mol. The van der Waals surface area contributed by atoms with Crippen LogP contribution in [0, 0.1) is 0 Å². The van der Waals surface area contributed by atoms with E-state index in [0.717, 1.165) is 0 Å². The van der Waals surface area contributed by atoms with Crippen LogP contribution in [-0.2, 0) is 16.2 Å². The van der Waals surface area contributed by atoms with Crippen molar-refractivity contribution < 1.29 is 0 Å². The number of rotatable bonds is 0. The fourth-order valence-corrected chi connectivity index (χ4v) is 10.4. The molecule has 3 heteroatoms. The zero-order valence-electron chi connectivity index (χ0n) is 28.2. The Kier molecular flexibility index (Phi) is 4.40. The lowest BCUT2D eigenvalue weighted by molar-refractivity contribution is 0.591. The molecule has 2 nitrogen and oxygen atoms in total. The Bertz CT molecular complexity index is 2610. The molecule has 0 bridgehead atoms. The highest BCUT2D eigenvalue weighted by Crippen LogP contribution is 2.56. The maximum Gasteiger partial charge on any atom is 0.252 e. The molecule has 0 amide bonds. The van der Waals surface area contributed by atoms with Crippen molar-refractivity contribution in [1.82, 2.24) is 9.13 Å². The van der Waals surface area contributed by atoms with Gasteiger partial charge in [0.15, 0.2) is 0 Å². The molecule has 47 heavy (non-hydrogen) atoms. The minimum absolute atomic E-state index is 0.0187. The van der Waals surface area contributed by atoms with Gasteiger partial charge in [-0.2, -0.15) is 0 Å². The van der Waals surface area contributed by atoms with Crippen LogP contribution in [0.25, 0.3) is 55.7 Å². The highest BCUT2D eigenvalue weighted by Gasteiger charge is 2.49. The van der Waals surface area contributed by atoms with Crippen LogP contribution >= 0.6 is 0 Å². The summed E-state index contributed by atoms with van der Waals surface area (Å²) >= 11 is 0. The number of hydrogen-bond acceptors (Lipinski definition) is 0. The average molecular weight is 605 g/mol. The van der Waals surface area contributed by atoms with Crippen molar-refractivity contribution in [3.63, 3.8) is 0 Å². The van der Waals surface area contributed by atoms with Gasteiger partial charge in [-0.05, 0) is 67.8 Å². The highest BCUT2D eigenvalue weighted by atomic mass is 15.1. The SMILES string of the molecule is CC(C)(C)c1cc2c3c(c1)c1c(n3-c3cccc4c3B2c2cccc3c5c(n-4c23)-c2ccccc2C5(C)C)-c2ccccc2C1(C)C. The second kappa shape index (κ2) is 7.85. The normalized spacial score (nSPS) is 16.7. The topological polar surface area (TPSA) is 9.86 Å². The largest absolute Gasteiger partial charge is 0.310 e. The minimum atomic E-state index is -0.0948. The fraction of sp³-hybridized carbons (Fsp3) is 0.227. The van der Waals surface area contributed by atoms with Crippen molar-refractivity contribution in [3.05, 3.63) is 125 Å². The first-order chi connectivity index (χ1) is 22.5. The van der Waals surface area contributed by atoms with Crippen molar-refractivity contribution in [2.24, 2.45) is 0 Å². The van der Waals surface area contributed by atoms with Crippen LogP contribution in [0.4, 0.5) is 0 Å². The molecule has 0 saturated heterocycles. The van der Waals surface area contributed by atoms with Gasteiger partial charge in [0.1, 0.15) is 0 Å². The molecule has 11 rings (SSSR count). The molecule has 5 aromatic carbocycles. The van der Waals surface area contributed by atoms with Gasteiger partial charge >= 0.3 is 0 Å². The van der Waals surface area contributed by atoms with Crippen molar-refractivity contribution in [1.29, 1.82) is 0 Å². The maximum absolute atomic E-state index is 2.67. The summed E-state index contributed by atoms with van der Waals surface area (Å²) in [6, 6.07) is 37.6. The Morgan fingerprint density at radius 3 is 1.68 bits per heavy atom. The Labute approximate surface area is 276 Å². The Hall–Kier alpha value is -4.76. The Morgan fingerprint density at radius 1 is 0.553 bits per heavy atom. The van der Waals surface area contributed by atoms with Crippen LogP contribution < -0.4 is 16.4 Å². The summed E-state index contributed by atoms with van der Waals surface area (Å²) in [4.78, 5) is 0. The summed E-state index contributed by atoms with van der Waals surface area (Å²) in [7, 11) is 0. The van der Waals surface area contributed by atoms with E-state index in [-0.39, 0.29) is 23.0 Å². The summed E-state index contributed by atoms with van der Waals surface area (Å²) in [5.74, 6) is 0. The lowest BCUT2D eigenvalue weighted by Gasteiger charge is -2.35. The fourth-order valence-electron chi connectivity index (χ4n) is 10.4. The van der Waals surface area contributed by atoms with E-state index in [2.05, 4.69) is 155 Å².